The lowest BCUT2D eigenvalue weighted by Crippen LogP contribution is -2.32. The number of rotatable bonds is 6. The van der Waals surface area contributed by atoms with Crippen LogP contribution in [0.1, 0.15) is 20.8 Å². The number of para-hydroxylation sites is 2. The Bertz CT molecular complexity index is 399. The van der Waals surface area contributed by atoms with Crippen molar-refractivity contribution in [1.29, 1.82) is 0 Å². The number of esters is 1. The van der Waals surface area contributed by atoms with Gasteiger partial charge in [-0.15, -0.1) is 0 Å². The summed E-state index contributed by atoms with van der Waals surface area (Å²) >= 11 is 0. The second-order valence-electron chi connectivity index (χ2n) is 4.54. The molecule has 0 saturated heterocycles. The largest absolute Gasteiger partial charge is 0.490 e. The highest BCUT2D eigenvalue weighted by molar-refractivity contribution is 5.75. The van der Waals surface area contributed by atoms with Crippen LogP contribution in [0, 0.1) is 5.41 Å². The van der Waals surface area contributed by atoms with Gasteiger partial charge in [0.2, 0.25) is 0 Å². The van der Waals surface area contributed by atoms with E-state index in [9.17, 15) is 4.79 Å². The summed E-state index contributed by atoms with van der Waals surface area (Å²) in [4.78, 5) is 11.5. The number of benzene rings is 1. The molecular weight excluding hydrogens is 232 g/mol. The molecule has 0 N–H and O–H groups in total. The molecule has 100 valence electrons. The quantitative estimate of drug-likeness (QED) is 0.730. The molecule has 0 heterocycles. The lowest BCUT2D eigenvalue weighted by atomic mass is 9.95. The predicted molar refractivity (Wildman–Crippen MR) is 68.9 cm³/mol. The zero-order valence-electron chi connectivity index (χ0n) is 11.4. The Labute approximate surface area is 108 Å². The highest BCUT2D eigenvalue weighted by atomic mass is 16.5. The topological polar surface area (TPSA) is 44.8 Å². The van der Waals surface area contributed by atoms with Crippen LogP contribution in [0.25, 0.3) is 0 Å². The zero-order chi connectivity index (χ0) is 13.6. The summed E-state index contributed by atoms with van der Waals surface area (Å²) in [5, 5.41) is 0. The Kier molecular flexibility index (Phi) is 5.01. The van der Waals surface area contributed by atoms with E-state index in [2.05, 4.69) is 0 Å². The molecule has 1 aromatic carbocycles. The average Bonchev–Trinajstić information content (AvgIpc) is 2.37. The molecule has 4 heteroatoms. The lowest BCUT2D eigenvalue weighted by molar-refractivity contribution is -0.152. The summed E-state index contributed by atoms with van der Waals surface area (Å²) in [7, 11) is 1.37. The van der Waals surface area contributed by atoms with Crippen molar-refractivity contribution in [3.63, 3.8) is 0 Å². The Balaban J connectivity index is 2.71. The van der Waals surface area contributed by atoms with Crippen molar-refractivity contribution in [2.45, 2.75) is 20.8 Å². The first-order valence-corrected chi connectivity index (χ1v) is 5.94. The van der Waals surface area contributed by atoms with Crippen molar-refractivity contribution in [3.05, 3.63) is 24.3 Å². The van der Waals surface area contributed by atoms with Gasteiger partial charge in [0, 0.05) is 0 Å². The van der Waals surface area contributed by atoms with E-state index in [0.29, 0.717) is 18.1 Å². The monoisotopic (exact) mass is 252 g/mol. The molecule has 0 amide bonds. The maximum absolute atomic E-state index is 11.5. The van der Waals surface area contributed by atoms with E-state index in [1.165, 1.54) is 7.11 Å². The van der Waals surface area contributed by atoms with Crippen LogP contribution >= 0.6 is 0 Å². The molecule has 0 unspecified atom stereocenters. The van der Waals surface area contributed by atoms with Crippen molar-refractivity contribution < 1.29 is 19.0 Å². The zero-order valence-corrected chi connectivity index (χ0v) is 11.4. The summed E-state index contributed by atoms with van der Waals surface area (Å²) < 4.78 is 15.8. The van der Waals surface area contributed by atoms with Gasteiger partial charge in [0.25, 0.3) is 0 Å². The minimum Gasteiger partial charge on any atom is -0.490 e. The van der Waals surface area contributed by atoms with Crippen LogP contribution in [-0.4, -0.2) is 26.3 Å². The second kappa shape index (κ2) is 6.28. The van der Waals surface area contributed by atoms with E-state index in [1.807, 2.05) is 31.2 Å². The van der Waals surface area contributed by atoms with E-state index in [4.69, 9.17) is 14.2 Å². The molecule has 0 radical (unpaired) electrons. The number of ether oxygens (including phenoxy) is 3. The van der Waals surface area contributed by atoms with Gasteiger partial charge in [-0.2, -0.15) is 0 Å². The number of hydrogen-bond donors (Lipinski definition) is 0. The Morgan fingerprint density at radius 1 is 1.17 bits per heavy atom. The molecule has 0 aliphatic carbocycles. The second-order valence-corrected chi connectivity index (χ2v) is 4.54. The molecule has 0 spiro atoms. The fourth-order valence-corrected chi connectivity index (χ4v) is 1.44. The molecule has 0 fully saturated rings. The Morgan fingerprint density at radius 2 is 1.72 bits per heavy atom. The lowest BCUT2D eigenvalue weighted by Gasteiger charge is -2.22. The van der Waals surface area contributed by atoms with Crippen molar-refractivity contribution in [3.8, 4) is 11.5 Å². The van der Waals surface area contributed by atoms with Crippen LogP contribution in [-0.2, 0) is 9.53 Å². The van der Waals surface area contributed by atoms with Crippen LogP contribution in [0.3, 0.4) is 0 Å². The van der Waals surface area contributed by atoms with Crippen LogP contribution in [0.2, 0.25) is 0 Å². The molecule has 1 aromatic rings. The normalized spacial score (nSPS) is 10.9. The van der Waals surface area contributed by atoms with E-state index in [-0.39, 0.29) is 12.6 Å². The summed E-state index contributed by atoms with van der Waals surface area (Å²) in [5.41, 5.74) is -0.686. The summed E-state index contributed by atoms with van der Waals surface area (Å²) in [6, 6.07) is 7.40. The van der Waals surface area contributed by atoms with Gasteiger partial charge in [-0.25, -0.2) is 0 Å². The van der Waals surface area contributed by atoms with Crippen molar-refractivity contribution in [2.75, 3.05) is 20.3 Å². The average molecular weight is 252 g/mol. The van der Waals surface area contributed by atoms with Crippen LogP contribution < -0.4 is 9.47 Å². The SMILES string of the molecule is CCOc1ccccc1OCC(C)(C)C(=O)OC. The molecule has 0 aromatic heterocycles. The van der Waals surface area contributed by atoms with E-state index < -0.39 is 5.41 Å². The molecule has 4 nitrogen and oxygen atoms in total. The van der Waals surface area contributed by atoms with Gasteiger partial charge in [-0.1, -0.05) is 12.1 Å². The highest BCUT2D eigenvalue weighted by Crippen LogP contribution is 2.28. The van der Waals surface area contributed by atoms with E-state index >= 15 is 0 Å². The van der Waals surface area contributed by atoms with Crippen molar-refractivity contribution >= 4 is 5.97 Å². The Morgan fingerprint density at radius 3 is 2.22 bits per heavy atom. The predicted octanol–water partition coefficient (Wildman–Crippen LogP) is 2.66. The minimum absolute atomic E-state index is 0.240. The third kappa shape index (κ3) is 3.65. The molecule has 0 atom stereocenters. The first kappa shape index (κ1) is 14.4. The van der Waals surface area contributed by atoms with Gasteiger partial charge in [-0.05, 0) is 32.9 Å². The number of carbonyl (C=O) groups is 1. The maximum Gasteiger partial charge on any atom is 0.314 e. The van der Waals surface area contributed by atoms with Crippen molar-refractivity contribution in [1.82, 2.24) is 0 Å². The molecule has 0 aliphatic rings. The van der Waals surface area contributed by atoms with Gasteiger partial charge >= 0.3 is 5.97 Å². The van der Waals surface area contributed by atoms with Gasteiger partial charge in [0.05, 0.1) is 19.1 Å². The standard InChI is InChI=1S/C14H20O4/c1-5-17-11-8-6-7-9-12(11)18-10-14(2,3)13(15)16-4/h6-9H,5,10H2,1-4H3. The fraction of sp³-hybridized carbons (Fsp3) is 0.500. The fourth-order valence-electron chi connectivity index (χ4n) is 1.44. The summed E-state index contributed by atoms with van der Waals surface area (Å²) in [5.74, 6) is 1.02. The molecule has 0 bridgehead atoms. The highest BCUT2D eigenvalue weighted by Gasteiger charge is 2.30. The molecule has 18 heavy (non-hydrogen) atoms. The van der Waals surface area contributed by atoms with Gasteiger partial charge in [-0.3, -0.25) is 4.79 Å². The van der Waals surface area contributed by atoms with Crippen LogP contribution in [0.15, 0.2) is 24.3 Å². The smallest absolute Gasteiger partial charge is 0.314 e. The first-order chi connectivity index (χ1) is 8.51. The van der Waals surface area contributed by atoms with Crippen molar-refractivity contribution in [2.24, 2.45) is 5.41 Å². The minimum atomic E-state index is -0.686. The summed E-state index contributed by atoms with van der Waals surface area (Å²) in [6.07, 6.45) is 0. The first-order valence-electron chi connectivity index (χ1n) is 5.94. The van der Waals surface area contributed by atoms with E-state index in [1.54, 1.807) is 13.8 Å². The maximum atomic E-state index is 11.5. The van der Waals surface area contributed by atoms with Crippen LogP contribution in [0.5, 0.6) is 11.5 Å². The summed E-state index contributed by atoms with van der Waals surface area (Å²) in [6.45, 7) is 6.28. The van der Waals surface area contributed by atoms with Gasteiger partial charge in [0.1, 0.15) is 6.61 Å². The third-order valence-corrected chi connectivity index (χ3v) is 2.48. The van der Waals surface area contributed by atoms with Crippen LogP contribution in [0.4, 0.5) is 0 Å². The molecule has 1 rings (SSSR count). The van der Waals surface area contributed by atoms with E-state index in [0.717, 1.165) is 0 Å². The number of carbonyl (C=O) groups excluding carboxylic acids is 1. The molecule has 0 aliphatic heterocycles. The molecule has 0 saturated carbocycles. The number of hydrogen-bond acceptors (Lipinski definition) is 4. The molecular formula is C14H20O4. The number of methoxy groups -OCH3 is 1. The Hall–Kier alpha value is -1.71. The third-order valence-electron chi connectivity index (χ3n) is 2.48. The van der Waals surface area contributed by atoms with Gasteiger partial charge < -0.3 is 14.2 Å². The van der Waals surface area contributed by atoms with Gasteiger partial charge in [0.15, 0.2) is 11.5 Å².